The van der Waals surface area contributed by atoms with E-state index in [1.807, 2.05) is 27.9 Å². The summed E-state index contributed by atoms with van der Waals surface area (Å²) in [5, 5.41) is 3.05. The highest BCUT2D eigenvalue weighted by atomic mass is 32.2. The van der Waals surface area contributed by atoms with Crippen molar-refractivity contribution in [2.75, 3.05) is 53.4 Å². The lowest BCUT2D eigenvalue weighted by Crippen LogP contribution is -2.46. The molecule has 8 nitrogen and oxygen atoms in total. The van der Waals surface area contributed by atoms with Gasteiger partial charge in [0.05, 0.1) is 4.90 Å². The maximum atomic E-state index is 13.1. The van der Waals surface area contributed by atoms with Crippen molar-refractivity contribution < 1.29 is 18.0 Å². The minimum atomic E-state index is -3.66. The average Bonchev–Trinajstić information content (AvgIpc) is 2.77. The van der Waals surface area contributed by atoms with Gasteiger partial charge in [-0.1, -0.05) is 13.8 Å². The van der Waals surface area contributed by atoms with E-state index in [0.29, 0.717) is 51.1 Å². The predicted octanol–water partition coefficient (Wildman–Crippen LogP) is 2.27. The van der Waals surface area contributed by atoms with Crippen LogP contribution in [0.4, 0.5) is 0 Å². The number of nitrogens with zero attached hydrogens (tertiary/aromatic N) is 3. The van der Waals surface area contributed by atoms with Crippen molar-refractivity contribution >= 4 is 21.8 Å². The van der Waals surface area contributed by atoms with Crippen LogP contribution in [0.15, 0.2) is 29.2 Å². The number of carbonyl (C=O) groups excluding carboxylic acids is 2. The fraction of sp³-hybridized carbons (Fsp3) is 0.667. The van der Waals surface area contributed by atoms with E-state index in [1.165, 1.54) is 16.4 Å². The normalized spacial score (nSPS) is 16.1. The minimum absolute atomic E-state index is 0.00172. The van der Waals surface area contributed by atoms with Gasteiger partial charge in [-0.15, -0.1) is 0 Å². The quantitative estimate of drug-likeness (QED) is 0.555. The Morgan fingerprint density at radius 3 is 2.09 bits per heavy atom. The molecular formula is C24H40N4O4S. The number of benzene rings is 1. The first-order valence-corrected chi connectivity index (χ1v) is 13.2. The van der Waals surface area contributed by atoms with Crippen LogP contribution in [0.1, 0.15) is 50.9 Å². The summed E-state index contributed by atoms with van der Waals surface area (Å²) < 4.78 is 27.6. The number of hydrogen-bond donors (Lipinski definition) is 1. The van der Waals surface area contributed by atoms with Crippen molar-refractivity contribution in [1.29, 1.82) is 0 Å². The lowest BCUT2D eigenvalue weighted by molar-refractivity contribution is -0.126. The number of amides is 2. The Balaban J connectivity index is 1.95. The second-order valence-electron chi connectivity index (χ2n) is 9.80. The van der Waals surface area contributed by atoms with E-state index in [9.17, 15) is 18.0 Å². The van der Waals surface area contributed by atoms with Crippen LogP contribution in [-0.2, 0) is 14.8 Å². The minimum Gasteiger partial charge on any atom is -0.355 e. The SMILES string of the molecule is CCN(CC)C(=O)c1ccc(S(=O)(=O)N2CCC(C(=O)NCC(C)(C)CN(C)C)CC2)cc1. The van der Waals surface area contributed by atoms with Gasteiger partial charge < -0.3 is 15.1 Å². The molecule has 2 amide bonds. The second kappa shape index (κ2) is 11.4. The summed E-state index contributed by atoms with van der Waals surface area (Å²) in [6.45, 7) is 11.3. The van der Waals surface area contributed by atoms with Gasteiger partial charge in [0.1, 0.15) is 0 Å². The Labute approximate surface area is 199 Å². The van der Waals surface area contributed by atoms with E-state index < -0.39 is 10.0 Å². The maximum Gasteiger partial charge on any atom is 0.253 e. The zero-order chi connectivity index (χ0) is 24.8. The Morgan fingerprint density at radius 1 is 1.06 bits per heavy atom. The molecule has 0 unspecified atom stereocenters. The molecule has 9 heteroatoms. The highest BCUT2D eigenvalue weighted by Gasteiger charge is 2.33. The molecule has 186 valence electrons. The molecule has 0 radical (unpaired) electrons. The molecule has 0 bridgehead atoms. The van der Waals surface area contributed by atoms with Crippen LogP contribution in [0.25, 0.3) is 0 Å². The fourth-order valence-corrected chi connectivity index (χ4v) is 5.82. The highest BCUT2D eigenvalue weighted by Crippen LogP contribution is 2.25. The van der Waals surface area contributed by atoms with Gasteiger partial charge in [0.2, 0.25) is 15.9 Å². The maximum absolute atomic E-state index is 13.1. The zero-order valence-electron chi connectivity index (χ0n) is 20.9. The largest absolute Gasteiger partial charge is 0.355 e. The van der Waals surface area contributed by atoms with Gasteiger partial charge in [-0.2, -0.15) is 4.31 Å². The third-order valence-corrected chi connectivity index (χ3v) is 8.01. The van der Waals surface area contributed by atoms with E-state index in [-0.39, 0.29) is 28.0 Å². The van der Waals surface area contributed by atoms with Gasteiger partial charge in [-0.25, -0.2) is 8.42 Å². The van der Waals surface area contributed by atoms with E-state index in [0.717, 1.165) is 6.54 Å². The molecule has 1 heterocycles. The van der Waals surface area contributed by atoms with Gasteiger partial charge in [0, 0.05) is 50.7 Å². The molecule has 0 saturated carbocycles. The highest BCUT2D eigenvalue weighted by molar-refractivity contribution is 7.89. The summed E-state index contributed by atoms with van der Waals surface area (Å²) in [6.07, 6.45) is 0.995. The summed E-state index contributed by atoms with van der Waals surface area (Å²) in [5.41, 5.74) is 0.437. The smallest absolute Gasteiger partial charge is 0.253 e. The monoisotopic (exact) mass is 480 g/mol. The van der Waals surface area contributed by atoms with Crippen LogP contribution in [0.5, 0.6) is 0 Å². The zero-order valence-corrected chi connectivity index (χ0v) is 21.7. The molecule has 33 heavy (non-hydrogen) atoms. The summed E-state index contributed by atoms with van der Waals surface area (Å²) >= 11 is 0. The number of carbonyl (C=O) groups is 2. The third-order valence-electron chi connectivity index (χ3n) is 6.10. The molecule has 0 aliphatic carbocycles. The molecule has 1 aliphatic heterocycles. The fourth-order valence-electron chi connectivity index (χ4n) is 4.35. The van der Waals surface area contributed by atoms with Crippen molar-refractivity contribution in [2.45, 2.75) is 45.4 Å². The molecule has 1 saturated heterocycles. The third kappa shape index (κ3) is 7.25. The summed E-state index contributed by atoms with van der Waals surface area (Å²) in [7, 11) is 0.357. The Kier molecular flexibility index (Phi) is 9.46. The van der Waals surface area contributed by atoms with Crippen molar-refractivity contribution in [1.82, 2.24) is 19.4 Å². The van der Waals surface area contributed by atoms with E-state index in [2.05, 4.69) is 24.1 Å². The molecule has 0 spiro atoms. The number of sulfonamides is 1. The molecule has 1 aromatic rings. The molecule has 2 rings (SSSR count). The van der Waals surface area contributed by atoms with Crippen molar-refractivity contribution in [2.24, 2.45) is 11.3 Å². The number of rotatable bonds is 10. The van der Waals surface area contributed by atoms with Crippen LogP contribution >= 0.6 is 0 Å². The van der Waals surface area contributed by atoms with Gasteiger partial charge in [-0.3, -0.25) is 9.59 Å². The molecule has 0 aromatic heterocycles. The van der Waals surface area contributed by atoms with Crippen molar-refractivity contribution in [3.8, 4) is 0 Å². The molecule has 1 aliphatic rings. The van der Waals surface area contributed by atoms with Crippen LogP contribution in [0, 0.1) is 11.3 Å². The predicted molar refractivity (Wildman–Crippen MR) is 131 cm³/mol. The first-order valence-electron chi connectivity index (χ1n) is 11.7. The van der Waals surface area contributed by atoms with Gasteiger partial charge in [-0.05, 0) is 70.5 Å². The van der Waals surface area contributed by atoms with Crippen LogP contribution in [0.3, 0.4) is 0 Å². The van der Waals surface area contributed by atoms with E-state index >= 15 is 0 Å². The molecule has 1 fully saturated rings. The second-order valence-corrected chi connectivity index (χ2v) is 11.7. The van der Waals surface area contributed by atoms with Gasteiger partial charge in [0.25, 0.3) is 5.91 Å². The molecule has 1 aromatic carbocycles. The standard InChI is InChI=1S/C24H40N4O4S/c1-7-27(8-2)23(30)20-9-11-21(12-10-20)33(31,32)28-15-13-19(14-16-28)22(29)25-17-24(3,4)18-26(5)6/h9-12,19H,7-8,13-18H2,1-6H3,(H,25,29). The van der Waals surface area contributed by atoms with Crippen LogP contribution in [-0.4, -0.2) is 87.7 Å². The number of piperidine rings is 1. The Bertz CT molecular complexity index is 901. The van der Waals surface area contributed by atoms with Gasteiger partial charge in [0.15, 0.2) is 0 Å². The van der Waals surface area contributed by atoms with E-state index in [1.54, 1.807) is 17.0 Å². The van der Waals surface area contributed by atoms with Crippen LogP contribution in [0.2, 0.25) is 0 Å². The summed E-state index contributed by atoms with van der Waals surface area (Å²) in [6, 6.07) is 6.14. The van der Waals surface area contributed by atoms with Crippen molar-refractivity contribution in [3.05, 3.63) is 29.8 Å². The first kappa shape index (κ1) is 27.3. The Hall–Kier alpha value is -1.97. The molecule has 0 atom stereocenters. The van der Waals surface area contributed by atoms with Crippen molar-refractivity contribution in [3.63, 3.8) is 0 Å². The summed E-state index contributed by atoms with van der Waals surface area (Å²) in [5.74, 6) is -0.289. The lowest BCUT2D eigenvalue weighted by atomic mass is 9.91. The topological polar surface area (TPSA) is 90.0 Å². The molecule has 1 N–H and O–H groups in total. The average molecular weight is 481 g/mol. The van der Waals surface area contributed by atoms with E-state index in [4.69, 9.17) is 0 Å². The number of hydrogen-bond acceptors (Lipinski definition) is 5. The summed E-state index contributed by atoms with van der Waals surface area (Å²) in [4.78, 5) is 29.1. The van der Waals surface area contributed by atoms with Gasteiger partial charge >= 0.3 is 0 Å². The lowest BCUT2D eigenvalue weighted by Gasteiger charge is -2.32. The Morgan fingerprint density at radius 2 is 1.61 bits per heavy atom. The number of nitrogens with one attached hydrogen (secondary N) is 1. The first-order chi connectivity index (χ1) is 15.4. The molecular weight excluding hydrogens is 440 g/mol. The van der Waals surface area contributed by atoms with Crippen LogP contribution < -0.4 is 5.32 Å².